The maximum atomic E-state index is 11.3. The molecule has 1 heterocycles. The van der Waals surface area contributed by atoms with Crippen LogP contribution in [0.4, 0.5) is 11.5 Å². The van der Waals surface area contributed by atoms with Crippen LogP contribution in [0.25, 0.3) is 10.9 Å². The molecule has 0 aliphatic rings. The van der Waals surface area contributed by atoms with Gasteiger partial charge in [-0.1, -0.05) is 72.3 Å². The van der Waals surface area contributed by atoms with Gasteiger partial charge in [-0.05, 0) is 11.6 Å². The van der Waals surface area contributed by atoms with Gasteiger partial charge in [0.2, 0.25) is 0 Å². The summed E-state index contributed by atoms with van der Waals surface area (Å²) in [7, 11) is 0. The van der Waals surface area contributed by atoms with Crippen molar-refractivity contribution in [1.82, 2.24) is 9.97 Å². The van der Waals surface area contributed by atoms with Crippen LogP contribution in [-0.2, 0) is 11.3 Å². The Labute approximate surface area is 177 Å². The average molecular weight is 421 g/mol. The van der Waals surface area contributed by atoms with Gasteiger partial charge in [-0.25, -0.2) is 9.97 Å². The van der Waals surface area contributed by atoms with Crippen molar-refractivity contribution in [3.63, 3.8) is 0 Å². The largest absolute Gasteiger partial charge is 0.350 e. The quantitative estimate of drug-likeness (QED) is 0.240. The van der Waals surface area contributed by atoms with E-state index in [1.807, 2.05) is 60.7 Å². The van der Waals surface area contributed by atoms with E-state index in [-0.39, 0.29) is 10.7 Å². The fraction of sp³-hybridized carbons (Fsp3) is 0.0909. The number of nitrogens with zero attached hydrogens (tertiary/aromatic N) is 3. The molecule has 0 radical (unpaired) electrons. The molecule has 1 N–H and O–H groups in total. The highest BCUT2D eigenvalue weighted by Gasteiger charge is 2.19. The Balaban J connectivity index is 1.69. The summed E-state index contributed by atoms with van der Waals surface area (Å²) in [5.41, 5.74) is 2.21. The van der Waals surface area contributed by atoms with E-state index in [2.05, 4.69) is 15.3 Å². The van der Waals surface area contributed by atoms with Gasteiger partial charge in [0.1, 0.15) is 17.2 Å². The lowest BCUT2D eigenvalue weighted by Gasteiger charge is -2.21. The summed E-state index contributed by atoms with van der Waals surface area (Å²) in [6.45, 7) is 0.377. The third-order valence-electron chi connectivity index (χ3n) is 4.53. The minimum atomic E-state index is -0.529. The van der Waals surface area contributed by atoms with Crippen molar-refractivity contribution in [3.05, 3.63) is 105 Å². The number of hydrogen-bond donors (Lipinski definition) is 1. The molecule has 8 heteroatoms. The van der Waals surface area contributed by atoms with Gasteiger partial charge in [0.15, 0.2) is 6.23 Å². The average Bonchev–Trinajstić information content (AvgIpc) is 2.77. The van der Waals surface area contributed by atoms with Crippen molar-refractivity contribution < 1.29 is 9.66 Å². The number of fused-ring (bicyclic) bond motifs is 1. The number of ether oxygens (including phenoxy) is 1. The van der Waals surface area contributed by atoms with Crippen molar-refractivity contribution in [2.75, 3.05) is 5.32 Å². The lowest BCUT2D eigenvalue weighted by atomic mass is 10.1. The van der Waals surface area contributed by atoms with Gasteiger partial charge in [0.25, 0.3) is 5.69 Å². The Hall–Kier alpha value is -3.55. The standard InChI is InChI=1S/C22H17ClN4O3/c23-18-12-19-17(11-20(18)27(28)29)21(25-14-24-19)26-22(16-9-5-2-6-10-16)30-13-15-7-3-1-4-8-15/h1-12,14,22H,13H2,(H,24,25,26). The zero-order valence-electron chi connectivity index (χ0n) is 15.7. The van der Waals surface area contributed by atoms with Crippen LogP contribution >= 0.6 is 11.6 Å². The highest BCUT2D eigenvalue weighted by Crippen LogP contribution is 2.33. The zero-order valence-corrected chi connectivity index (χ0v) is 16.5. The zero-order chi connectivity index (χ0) is 20.9. The van der Waals surface area contributed by atoms with E-state index in [9.17, 15) is 10.1 Å². The van der Waals surface area contributed by atoms with Crippen LogP contribution < -0.4 is 5.32 Å². The van der Waals surface area contributed by atoms with Gasteiger partial charge < -0.3 is 10.1 Å². The first-order chi connectivity index (χ1) is 14.6. The van der Waals surface area contributed by atoms with Gasteiger partial charge in [0.05, 0.1) is 17.0 Å². The molecule has 0 aliphatic carbocycles. The number of nitro groups is 1. The van der Waals surface area contributed by atoms with Gasteiger partial charge in [0, 0.05) is 17.0 Å². The van der Waals surface area contributed by atoms with E-state index < -0.39 is 11.2 Å². The second-order valence-electron chi connectivity index (χ2n) is 6.53. The summed E-state index contributed by atoms with van der Waals surface area (Å²) < 4.78 is 6.14. The first-order valence-corrected chi connectivity index (χ1v) is 9.55. The Morgan fingerprint density at radius 1 is 1.03 bits per heavy atom. The predicted octanol–water partition coefficient (Wildman–Crippen LogP) is 5.52. The summed E-state index contributed by atoms with van der Waals surface area (Å²) >= 11 is 6.02. The van der Waals surface area contributed by atoms with Gasteiger partial charge >= 0.3 is 0 Å². The van der Waals surface area contributed by atoms with Gasteiger partial charge in [-0.3, -0.25) is 10.1 Å². The van der Waals surface area contributed by atoms with Crippen LogP contribution in [0.2, 0.25) is 5.02 Å². The van der Waals surface area contributed by atoms with Crippen LogP contribution in [0, 0.1) is 10.1 Å². The van der Waals surface area contributed by atoms with E-state index in [0.29, 0.717) is 23.3 Å². The molecular weight excluding hydrogens is 404 g/mol. The lowest BCUT2D eigenvalue weighted by Crippen LogP contribution is -2.16. The molecule has 4 rings (SSSR count). The van der Waals surface area contributed by atoms with E-state index in [1.54, 1.807) is 0 Å². The van der Waals surface area contributed by atoms with Crippen LogP contribution in [0.1, 0.15) is 17.4 Å². The fourth-order valence-electron chi connectivity index (χ4n) is 3.05. The first kappa shape index (κ1) is 19.8. The minimum Gasteiger partial charge on any atom is -0.350 e. The number of anilines is 1. The summed E-state index contributed by atoms with van der Waals surface area (Å²) in [5, 5.41) is 15.1. The molecule has 0 fully saturated rings. The van der Waals surface area contributed by atoms with Crippen LogP contribution in [-0.4, -0.2) is 14.9 Å². The molecule has 3 aromatic carbocycles. The Bertz CT molecular complexity index is 1170. The molecule has 1 atom stereocenters. The summed E-state index contributed by atoms with van der Waals surface area (Å²) in [6.07, 6.45) is 0.853. The van der Waals surface area contributed by atoms with Crippen molar-refractivity contribution in [3.8, 4) is 0 Å². The summed E-state index contributed by atoms with van der Waals surface area (Å²) in [5.74, 6) is 0.418. The molecule has 1 unspecified atom stereocenters. The van der Waals surface area contributed by atoms with Gasteiger partial charge in [-0.2, -0.15) is 0 Å². The SMILES string of the molecule is O=[N+]([O-])c1cc2c(NC(OCc3ccccc3)c3ccccc3)ncnc2cc1Cl. The second kappa shape index (κ2) is 8.86. The Kier molecular flexibility index (Phi) is 5.83. The smallest absolute Gasteiger partial charge is 0.288 e. The Morgan fingerprint density at radius 3 is 2.43 bits per heavy atom. The molecule has 4 aromatic rings. The molecule has 0 aliphatic heterocycles. The second-order valence-corrected chi connectivity index (χ2v) is 6.94. The molecular formula is C22H17ClN4O3. The minimum absolute atomic E-state index is 0.0251. The lowest BCUT2D eigenvalue weighted by molar-refractivity contribution is -0.384. The highest BCUT2D eigenvalue weighted by molar-refractivity contribution is 6.33. The molecule has 150 valence electrons. The molecule has 7 nitrogen and oxygen atoms in total. The molecule has 1 aromatic heterocycles. The molecule has 0 saturated heterocycles. The number of hydrogen-bond acceptors (Lipinski definition) is 6. The predicted molar refractivity (Wildman–Crippen MR) is 115 cm³/mol. The van der Waals surface area contributed by atoms with Crippen molar-refractivity contribution >= 4 is 34.0 Å². The van der Waals surface area contributed by atoms with Crippen LogP contribution in [0.3, 0.4) is 0 Å². The molecule has 0 bridgehead atoms. The maximum absolute atomic E-state index is 11.3. The monoisotopic (exact) mass is 420 g/mol. The van der Waals surface area contributed by atoms with Gasteiger partial charge in [-0.15, -0.1) is 0 Å². The number of halogens is 1. The normalized spacial score (nSPS) is 11.9. The van der Waals surface area contributed by atoms with Crippen molar-refractivity contribution in [2.45, 2.75) is 12.8 Å². The molecule has 0 amide bonds. The Morgan fingerprint density at radius 2 is 1.73 bits per heavy atom. The number of aromatic nitrogens is 2. The third-order valence-corrected chi connectivity index (χ3v) is 4.83. The number of benzene rings is 3. The van der Waals surface area contributed by atoms with E-state index in [0.717, 1.165) is 11.1 Å². The number of rotatable bonds is 7. The fourth-order valence-corrected chi connectivity index (χ4v) is 3.28. The third kappa shape index (κ3) is 4.37. The first-order valence-electron chi connectivity index (χ1n) is 9.17. The van der Waals surface area contributed by atoms with Crippen LogP contribution in [0.15, 0.2) is 79.1 Å². The molecule has 30 heavy (non-hydrogen) atoms. The topological polar surface area (TPSA) is 90.2 Å². The highest BCUT2D eigenvalue weighted by atomic mass is 35.5. The van der Waals surface area contributed by atoms with E-state index in [4.69, 9.17) is 16.3 Å². The van der Waals surface area contributed by atoms with E-state index in [1.165, 1.54) is 18.5 Å². The summed E-state index contributed by atoms with van der Waals surface area (Å²) in [4.78, 5) is 19.3. The van der Waals surface area contributed by atoms with E-state index >= 15 is 0 Å². The maximum Gasteiger partial charge on any atom is 0.288 e. The number of nitro benzene ring substituents is 1. The van der Waals surface area contributed by atoms with Crippen molar-refractivity contribution in [1.29, 1.82) is 0 Å². The van der Waals surface area contributed by atoms with Crippen LogP contribution in [0.5, 0.6) is 0 Å². The summed E-state index contributed by atoms with van der Waals surface area (Å²) in [6, 6.07) is 22.3. The van der Waals surface area contributed by atoms with Crippen molar-refractivity contribution in [2.24, 2.45) is 0 Å². The molecule has 0 spiro atoms. The number of nitrogens with one attached hydrogen (secondary N) is 1. The molecule has 0 saturated carbocycles.